The number of likely N-dealkylation sites (tertiary alicyclic amines) is 1. The van der Waals surface area contributed by atoms with Gasteiger partial charge in [-0.2, -0.15) is 0 Å². The van der Waals surface area contributed by atoms with Crippen LogP contribution in [0, 0.1) is 12.7 Å². The number of benzene rings is 1. The number of furan rings is 1. The summed E-state index contributed by atoms with van der Waals surface area (Å²) in [5, 5.41) is 9.90. The van der Waals surface area contributed by atoms with Crippen molar-refractivity contribution in [1.82, 2.24) is 4.90 Å². The molecule has 0 unspecified atom stereocenters. The molecule has 3 rings (SSSR count). The normalized spacial score (nSPS) is 21.8. The molecule has 1 saturated heterocycles. The van der Waals surface area contributed by atoms with Crippen molar-refractivity contribution in [2.45, 2.75) is 25.5 Å². The maximum atomic E-state index is 13.4. The van der Waals surface area contributed by atoms with Crippen molar-refractivity contribution in [1.29, 1.82) is 0 Å². The zero-order valence-corrected chi connectivity index (χ0v) is 11.6. The number of β-amino-alcohol motifs (C(OH)–C–C–N with tert-alkyl or cyclic N) is 1. The lowest BCUT2D eigenvalue weighted by Gasteiger charge is -2.24. The predicted molar refractivity (Wildman–Crippen MR) is 74.2 cm³/mol. The summed E-state index contributed by atoms with van der Waals surface area (Å²) in [6, 6.07) is 7.51. The van der Waals surface area contributed by atoms with E-state index in [0.29, 0.717) is 12.0 Å². The van der Waals surface area contributed by atoms with E-state index in [1.807, 2.05) is 0 Å². The van der Waals surface area contributed by atoms with Crippen LogP contribution in [0.15, 0.2) is 41.0 Å². The highest BCUT2D eigenvalue weighted by Crippen LogP contribution is 2.34. The average Bonchev–Trinajstić information content (AvgIpc) is 3.04. The lowest BCUT2D eigenvalue weighted by atomic mass is 10.0. The molecule has 1 aromatic carbocycles. The molecular weight excluding hydrogens is 273 g/mol. The Balaban J connectivity index is 1.93. The first-order valence-electron chi connectivity index (χ1n) is 6.85. The number of rotatable bonds is 2. The topological polar surface area (TPSA) is 53.7 Å². The van der Waals surface area contributed by atoms with Gasteiger partial charge in [0.25, 0.3) is 5.91 Å². The molecule has 0 radical (unpaired) electrons. The number of amides is 1. The van der Waals surface area contributed by atoms with E-state index in [0.717, 1.165) is 5.56 Å². The van der Waals surface area contributed by atoms with E-state index in [-0.39, 0.29) is 30.1 Å². The number of carbonyl (C=O) groups excluding carboxylic acids is 1. The molecule has 1 aromatic heterocycles. The van der Waals surface area contributed by atoms with Gasteiger partial charge >= 0.3 is 0 Å². The minimum Gasteiger partial charge on any atom is -0.459 e. The molecule has 0 spiro atoms. The highest BCUT2D eigenvalue weighted by Gasteiger charge is 2.37. The van der Waals surface area contributed by atoms with Crippen molar-refractivity contribution in [3.05, 3.63) is 59.3 Å². The Kier molecular flexibility index (Phi) is 3.51. The SMILES string of the molecule is Cc1ccoc1C(=O)N1C[C@H](O)C[C@@H]1c1cccc(F)c1. The monoisotopic (exact) mass is 289 g/mol. The summed E-state index contributed by atoms with van der Waals surface area (Å²) in [4.78, 5) is 14.1. The number of carbonyl (C=O) groups is 1. The highest BCUT2D eigenvalue weighted by molar-refractivity contribution is 5.93. The van der Waals surface area contributed by atoms with Gasteiger partial charge in [0.05, 0.1) is 18.4 Å². The van der Waals surface area contributed by atoms with Gasteiger partial charge in [-0.25, -0.2) is 4.39 Å². The van der Waals surface area contributed by atoms with Crippen molar-refractivity contribution in [2.75, 3.05) is 6.54 Å². The number of aliphatic hydroxyl groups excluding tert-OH is 1. The summed E-state index contributed by atoms with van der Waals surface area (Å²) in [5.41, 5.74) is 1.43. The third kappa shape index (κ3) is 2.56. The van der Waals surface area contributed by atoms with E-state index in [9.17, 15) is 14.3 Å². The van der Waals surface area contributed by atoms with E-state index in [1.165, 1.54) is 18.4 Å². The Morgan fingerprint density at radius 2 is 2.24 bits per heavy atom. The first-order valence-corrected chi connectivity index (χ1v) is 6.85. The minimum absolute atomic E-state index is 0.222. The van der Waals surface area contributed by atoms with Crippen LogP contribution in [0.4, 0.5) is 4.39 Å². The van der Waals surface area contributed by atoms with Crippen LogP contribution in [0.2, 0.25) is 0 Å². The van der Waals surface area contributed by atoms with Crippen LogP contribution in [-0.4, -0.2) is 28.6 Å². The van der Waals surface area contributed by atoms with Crippen LogP contribution in [0.25, 0.3) is 0 Å². The standard InChI is InChI=1S/C16H16FNO3/c1-10-5-6-21-15(10)16(20)18-9-13(19)8-14(18)11-3-2-4-12(17)7-11/h2-7,13-14,19H,8-9H2,1H3/t13-,14-/m1/s1. The zero-order valence-electron chi connectivity index (χ0n) is 11.6. The number of nitrogens with zero attached hydrogens (tertiary/aromatic N) is 1. The first kappa shape index (κ1) is 13.8. The second-order valence-electron chi connectivity index (χ2n) is 5.35. The third-order valence-corrected chi connectivity index (χ3v) is 3.83. The van der Waals surface area contributed by atoms with Crippen molar-refractivity contribution in [3.8, 4) is 0 Å². The van der Waals surface area contributed by atoms with Gasteiger partial charge in [0, 0.05) is 12.1 Å². The molecule has 2 atom stereocenters. The Hall–Kier alpha value is -2.14. The summed E-state index contributed by atoms with van der Waals surface area (Å²) in [6.45, 7) is 2.01. The van der Waals surface area contributed by atoms with Crippen molar-refractivity contribution in [2.24, 2.45) is 0 Å². The summed E-state index contributed by atoms with van der Waals surface area (Å²) in [5.74, 6) is -0.357. The molecule has 1 fully saturated rings. The third-order valence-electron chi connectivity index (χ3n) is 3.83. The molecule has 1 N–H and O–H groups in total. The van der Waals surface area contributed by atoms with E-state index < -0.39 is 6.10 Å². The van der Waals surface area contributed by atoms with Crippen molar-refractivity contribution in [3.63, 3.8) is 0 Å². The van der Waals surface area contributed by atoms with Crippen LogP contribution in [-0.2, 0) is 0 Å². The van der Waals surface area contributed by atoms with Crippen molar-refractivity contribution >= 4 is 5.91 Å². The summed E-state index contributed by atoms with van der Waals surface area (Å²) < 4.78 is 18.6. The number of halogens is 1. The fourth-order valence-electron chi connectivity index (χ4n) is 2.79. The number of aliphatic hydroxyl groups is 1. The smallest absolute Gasteiger partial charge is 0.290 e. The van der Waals surface area contributed by atoms with Gasteiger partial charge in [0.2, 0.25) is 0 Å². The van der Waals surface area contributed by atoms with E-state index in [4.69, 9.17) is 4.42 Å². The first-order chi connectivity index (χ1) is 10.1. The second kappa shape index (κ2) is 5.33. The average molecular weight is 289 g/mol. The summed E-state index contributed by atoms with van der Waals surface area (Å²) >= 11 is 0. The van der Waals surface area contributed by atoms with Gasteiger partial charge in [-0.15, -0.1) is 0 Å². The zero-order chi connectivity index (χ0) is 15.0. The largest absolute Gasteiger partial charge is 0.459 e. The van der Waals surface area contributed by atoms with Crippen molar-refractivity contribution < 1.29 is 18.7 Å². The number of hydrogen-bond acceptors (Lipinski definition) is 3. The fraction of sp³-hybridized carbons (Fsp3) is 0.312. The summed E-state index contributed by atoms with van der Waals surface area (Å²) in [7, 11) is 0. The number of aryl methyl sites for hydroxylation is 1. The fourth-order valence-corrected chi connectivity index (χ4v) is 2.79. The molecule has 0 saturated carbocycles. The Labute approximate surface area is 121 Å². The van der Waals surface area contributed by atoms with Crippen LogP contribution in [0.5, 0.6) is 0 Å². The Bertz CT molecular complexity index is 667. The van der Waals surface area contributed by atoms with Gasteiger partial charge in [0.15, 0.2) is 5.76 Å². The van der Waals surface area contributed by atoms with Crippen LogP contribution >= 0.6 is 0 Å². The Morgan fingerprint density at radius 1 is 1.43 bits per heavy atom. The van der Waals surface area contributed by atoms with Crippen LogP contribution in [0.3, 0.4) is 0 Å². The number of hydrogen-bond donors (Lipinski definition) is 1. The molecule has 2 aromatic rings. The van der Waals surface area contributed by atoms with Gasteiger partial charge in [-0.1, -0.05) is 12.1 Å². The molecule has 4 nitrogen and oxygen atoms in total. The van der Waals surface area contributed by atoms with E-state index in [2.05, 4.69) is 0 Å². The van der Waals surface area contributed by atoms with Crippen LogP contribution < -0.4 is 0 Å². The molecule has 2 heterocycles. The molecule has 0 bridgehead atoms. The lowest BCUT2D eigenvalue weighted by molar-refractivity contribution is 0.0682. The summed E-state index contributed by atoms with van der Waals surface area (Å²) in [6.07, 6.45) is 1.25. The van der Waals surface area contributed by atoms with Gasteiger partial charge < -0.3 is 14.4 Å². The van der Waals surface area contributed by atoms with Gasteiger partial charge in [0.1, 0.15) is 5.82 Å². The van der Waals surface area contributed by atoms with Crippen LogP contribution in [0.1, 0.15) is 34.1 Å². The van der Waals surface area contributed by atoms with E-state index >= 15 is 0 Å². The molecule has 5 heteroatoms. The molecule has 0 aliphatic carbocycles. The molecule has 1 aliphatic rings. The van der Waals surface area contributed by atoms with Gasteiger partial charge in [-0.3, -0.25) is 4.79 Å². The predicted octanol–water partition coefficient (Wildman–Crippen LogP) is 2.68. The molecule has 1 aliphatic heterocycles. The lowest BCUT2D eigenvalue weighted by Crippen LogP contribution is -2.32. The molecule has 1 amide bonds. The minimum atomic E-state index is -0.613. The molecule has 110 valence electrons. The second-order valence-corrected chi connectivity index (χ2v) is 5.35. The maximum absolute atomic E-state index is 13.4. The maximum Gasteiger partial charge on any atom is 0.290 e. The molecular formula is C16H16FNO3. The Morgan fingerprint density at radius 3 is 2.90 bits per heavy atom. The van der Waals surface area contributed by atoms with Gasteiger partial charge in [-0.05, 0) is 37.1 Å². The molecule has 21 heavy (non-hydrogen) atoms. The highest BCUT2D eigenvalue weighted by atomic mass is 19.1. The van der Waals surface area contributed by atoms with E-state index in [1.54, 1.807) is 30.0 Å². The quantitative estimate of drug-likeness (QED) is 0.924.